The van der Waals surface area contributed by atoms with Crippen LogP contribution in [0.4, 0.5) is 11.4 Å². The molecule has 8 heteroatoms. The van der Waals surface area contributed by atoms with Gasteiger partial charge in [0.25, 0.3) is 0 Å². The van der Waals surface area contributed by atoms with Crippen molar-refractivity contribution in [1.29, 1.82) is 0 Å². The first kappa shape index (κ1) is 18.1. The maximum atomic E-state index is 12.4. The van der Waals surface area contributed by atoms with Crippen LogP contribution in [0.1, 0.15) is 12.5 Å². The van der Waals surface area contributed by atoms with Gasteiger partial charge in [0.1, 0.15) is 6.54 Å². The highest BCUT2D eigenvalue weighted by Crippen LogP contribution is 2.36. The van der Waals surface area contributed by atoms with Crippen LogP contribution < -0.4 is 19.1 Å². The number of nitrogens with one attached hydrogen (secondary N) is 1. The molecule has 0 fully saturated rings. The van der Waals surface area contributed by atoms with E-state index in [-0.39, 0.29) is 13.3 Å². The summed E-state index contributed by atoms with van der Waals surface area (Å²) in [4.78, 5) is 12.4. The lowest BCUT2D eigenvalue weighted by atomic mass is 10.1. The number of sulfonamides is 1. The van der Waals surface area contributed by atoms with Crippen LogP contribution in [0.2, 0.25) is 0 Å². The topological polar surface area (TPSA) is 84.9 Å². The molecule has 138 valence electrons. The number of carbonyl (C=O) groups is 1. The Morgan fingerprint density at radius 3 is 2.46 bits per heavy atom. The number of nitrogens with zero attached hydrogens (tertiary/aromatic N) is 1. The number of benzene rings is 2. The molecule has 1 heterocycles. The van der Waals surface area contributed by atoms with Gasteiger partial charge in [-0.25, -0.2) is 8.42 Å². The van der Waals surface area contributed by atoms with E-state index in [4.69, 9.17) is 9.47 Å². The van der Waals surface area contributed by atoms with Crippen LogP contribution in [-0.2, 0) is 21.2 Å². The smallest absolute Gasteiger partial charge is 0.245 e. The summed E-state index contributed by atoms with van der Waals surface area (Å²) in [5.74, 6) is 0.562. The lowest BCUT2D eigenvalue weighted by Crippen LogP contribution is -2.37. The molecule has 7 nitrogen and oxygen atoms in total. The normalized spacial score (nSPS) is 12.7. The molecule has 0 aromatic heterocycles. The minimum Gasteiger partial charge on any atom is -0.454 e. The van der Waals surface area contributed by atoms with E-state index in [0.29, 0.717) is 22.9 Å². The van der Waals surface area contributed by atoms with Gasteiger partial charge in [-0.3, -0.25) is 9.10 Å². The molecule has 0 atom stereocenters. The van der Waals surface area contributed by atoms with E-state index < -0.39 is 15.9 Å². The maximum Gasteiger partial charge on any atom is 0.245 e. The molecular weight excluding hydrogens is 356 g/mol. The van der Waals surface area contributed by atoms with Crippen LogP contribution in [0, 0.1) is 0 Å². The minimum atomic E-state index is -3.66. The second-order valence-electron chi connectivity index (χ2n) is 5.91. The van der Waals surface area contributed by atoms with Crippen molar-refractivity contribution in [1.82, 2.24) is 0 Å². The van der Waals surface area contributed by atoms with Crippen molar-refractivity contribution in [3.63, 3.8) is 0 Å². The Bertz CT molecular complexity index is 910. The molecule has 26 heavy (non-hydrogen) atoms. The third-order valence-electron chi connectivity index (χ3n) is 3.98. The molecule has 0 radical (unpaired) electrons. The Kier molecular flexibility index (Phi) is 5.03. The van der Waals surface area contributed by atoms with Crippen molar-refractivity contribution >= 4 is 27.3 Å². The molecule has 2 aromatic carbocycles. The van der Waals surface area contributed by atoms with Crippen molar-refractivity contribution in [2.75, 3.05) is 29.2 Å². The molecule has 1 N–H and O–H groups in total. The van der Waals surface area contributed by atoms with E-state index in [2.05, 4.69) is 5.32 Å². The Hall–Kier alpha value is -2.74. The second kappa shape index (κ2) is 7.25. The molecule has 0 unspecified atom stereocenters. The minimum absolute atomic E-state index is 0.0892. The number of aryl methyl sites for hydroxylation is 1. The number of hydrogen-bond acceptors (Lipinski definition) is 5. The van der Waals surface area contributed by atoms with Gasteiger partial charge in [0.2, 0.25) is 22.7 Å². The second-order valence-corrected chi connectivity index (χ2v) is 7.81. The maximum absolute atomic E-state index is 12.4. The number of amides is 1. The third kappa shape index (κ3) is 4.08. The molecule has 0 spiro atoms. The summed E-state index contributed by atoms with van der Waals surface area (Å²) < 4.78 is 35.9. The van der Waals surface area contributed by atoms with Gasteiger partial charge in [-0.05, 0) is 36.2 Å². The predicted molar refractivity (Wildman–Crippen MR) is 99.2 cm³/mol. The highest BCUT2D eigenvalue weighted by Gasteiger charge is 2.23. The number of carbonyl (C=O) groups excluding carboxylic acids is 1. The van der Waals surface area contributed by atoms with Crippen molar-refractivity contribution in [3.8, 4) is 11.5 Å². The zero-order valence-corrected chi connectivity index (χ0v) is 15.4. The van der Waals surface area contributed by atoms with Gasteiger partial charge >= 0.3 is 0 Å². The number of rotatable bonds is 6. The first-order valence-corrected chi connectivity index (χ1v) is 9.98. The van der Waals surface area contributed by atoms with Crippen LogP contribution in [0.3, 0.4) is 0 Å². The fraction of sp³-hybridized carbons (Fsp3) is 0.278. The van der Waals surface area contributed by atoms with Crippen molar-refractivity contribution in [2.24, 2.45) is 0 Å². The zero-order chi connectivity index (χ0) is 18.7. The summed E-state index contributed by atoms with van der Waals surface area (Å²) in [6, 6.07) is 12.2. The van der Waals surface area contributed by atoms with E-state index in [1.807, 2.05) is 19.1 Å². The molecule has 0 saturated carbocycles. The Labute approximate surface area is 152 Å². The van der Waals surface area contributed by atoms with Gasteiger partial charge in [0.15, 0.2) is 11.5 Å². The summed E-state index contributed by atoms with van der Waals surface area (Å²) in [5, 5.41) is 2.72. The predicted octanol–water partition coefficient (Wildman–Crippen LogP) is 2.38. The molecule has 2 aromatic rings. The van der Waals surface area contributed by atoms with Gasteiger partial charge in [0.05, 0.1) is 11.9 Å². The highest BCUT2D eigenvalue weighted by molar-refractivity contribution is 7.92. The monoisotopic (exact) mass is 376 g/mol. The summed E-state index contributed by atoms with van der Waals surface area (Å²) in [6.07, 6.45) is 1.96. The number of fused-ring (bicyclic) bond motifs is 1. The van der Waals surface area contributed by atoms with Crippen LogP contribution >= 0.6 is 0 Å². The Morgan fingerprint density at radius 2 is 1.81 bits per heavy atom. The summed E-state index contributed by atoms with van der Waals surface area (Å²) in [6.45, 7) is 1.79. The van der Waals surface area contributed by atoms with E-state index in [0.717, 1.165) is 22.5 Å². The Balaban J connectivity index is 1.77. The quantitative estimate of drug-likeness (QED) is 0.837. The first-order chi connectivity index (χ1) is 12.4. The van der Waals surface area contributed by atoms with E-state index >= 15 is 0 Å². The average molecular weight is 376 g/mol. The molecule has 1 aliphatic rings. The van der Waals surface area contributed by atoms with E-state index in [1.54, 1.807) is 30.3 Å². The van der Waals surface area contributed by atoms with Crippen LogP contribution in [-0.4, -0.2) is 33.9 Å². The largest absolute Gasteiger partial charge is 0.454 e. The molecule has 0 bridgehead atoms. The van der Waals surface area contributed by atoms with Crippen LogP contribution in [0.15, 0.2) is 42.5 Å². The Morgan fingerprint density at radius 1 is 1.12 bits per heavy atom. The lowest BCUT2D eigenvalue weighted by Gasteiger charge is -2.22. The highest BCUT2D eigenvalue weighted by atomic mass is 32.2. The number of hydrogen-bond donors (Lipinski definition) is 1. The summed E-state index contributed by atoms with van der Waals surface area (Å²) in [7, 11) is -3.66. The fourth-order valence-corrected chi connectivity index (χ4v) is 3.44. The summed E-state index contributed by atoms with van der Waals surface area (Å²) in [5.41, 5.74) is 2.11. The lowest BCUT2D eigenvalue weighted by molar-refractivity contribution is -0.114. The van der Waals surface area contributed by atoms with Crippen LogP contribution in [0.25, 0.3) is 0 Å². The van der Waals surface area contributed by atoms with Gasteiger partial charge in [-0.2, -0.15) is 0 Å². The first-order valence-electron chi connectivity index (χ1n) is 8.13. The fourth-order valence-electron chi connectivity index (χ4n) is 2.60. The number of ether oxygens (including phenoxy) is 2. The SMILES string of the molecule is CCc1ccc(NC(=O)CN(c2ccc3c(c2)OCO3)S(C)(=O)=O)cc1. The zero-order valence-electron chi connectivity index (χ0n) is 14.6. The van der Waals surface area contributed by atoms with E-state index in [9.17, 15) is 13.2 Å². The summed E-state index contributed by atoms with van der Waals surface area (Å²) >= 11 is 0. The van der Waals surface area contributed by atoms with Crippen LogP contribution in [0.5, 0.6) is 11.5 Å². The molecule has 0 saturated heterocycles. The standard InChI is InChI=1S/C18H20N2O5S/c1-3-13-4-6-14(7-5-13)19-18(21)11-20(26(2,22)23)15-8-9-16-17(10-15)25-12-24-16/h4-10H,3,11-12H2,1-2H3,(H,19,21). The van der Waals surface area contributed by atoms with E-state index in [1.165, 1.54) is 0 Å². The van der Waals surface area contributed by atoms with Gasteiger partial charge in [-0.15, -0.1) is 0 Å². The third-order valence-corrected chi connectivity index (χ3v) is 5.12. The van der Waals surface area contributed by atoms with Gasteiger partial charge in [-0.1, -0.05) is 19.1 Å². The van der Waals surface area contributed by atoms with Gasteiger partial charge in [0, 0.05) is 11.8 Å². The van der Waals surface area contributed by atoms with Gasteiger partial charge < -0.3 is 14.8 Å². The number of anilines is 2. The molecule has 1 amide bonds. The molecule has 3 rings (SSSR count). The van der Waals surface area contributed by atoms with Crippen molar-refractivity contribution in [2.45, 2.75) is 13.3 Å². The van der Waals surface area contributed by atoms with Crippen molar-refractivity contribution in [3.05, 3.63) is 48.0 Å². The molecule has 1 aliphatic heterocycles. The molecule has 0 aliphatic carbocycles. The molecular formula is C18H20N2O5S. The van der Waals surface area contributed by atoms with Crippen molar-refractivity contribution < 1.29 is 22.7 Å². The average Bonchev–Trinajstić information content (AvgIpc) is 3.07.